The Morgan fingerprint density at radius 1 is 1.30 bits per heavy atom. The first-order valence-corrected chi connectivity index (χ1v) is 7.13. The zero-order valence-electron chi connectivity index (χ0n) is 12.2. The topological polar surface area (TPSA) is 113 Å². The van der Waals surface area contributed by atoms with Gasteiger partial charge in [0.05, 0.1) is 10.9 Å². The maximum absolute atomic E-state index is 11.8. The van der Waals surface area contributed by atoms with Crippen LogP contribution >= 0.6 is 0 Å². The van der Waals surface area contributed by atoms with E-state index in [1.165, 1.54) is 12.3 Å². The number of nitrogens with one attached hydrogen (secondary N) is 2. The third-order valence-electron chi connectivity index (χ3n) is 3.39. The molecule has 0 unspecified atom stereocenters. The number of nitrogens with zero attached hydrogens (tertiary/aromatic N) is 3. The van der Waals surface area contributed by atoms with E-state index in [0.29, 0.717) is 18.5 Å². The van der Waals surface area contributed by atoms with E-state index in [4.69, 9.17) is 5.11 Å². The second kappa shape index (κ2) is 6.30. The van der Waals surface area contributed by atoms with E-state index >= 15 is 0 Å². The van der Waals surface area contributed by atoms with E-state index in [1.807, 2.05) is 18.2 Å². The number of para-hydroxylation sites is 1. The molecule has 2 aromatic heterocycles. The van der Waals surface area contributed by atoms with Crippen molar-refractivity contribution < 1.29 is 9.90 Å². The van der Waals surface area contributed by atoms with Crippen LogP contribution in [0.3, 0.4) is 0 Å². The third-order valence-corrected chi connectivity index (χ3v) is 3.39. The van der Waals surface area contributed by atoms with Crippen molar-refractivity contribution in [2.45, 2.75) is 13.0 Å². The lowest BCUT2D eigenvalue weighted by Crippen LogP contribution is -2.12. The van der Waals surface area contributed by atoms with Gasteiger partial charge >= 0.3 is 5.97 Å². The summed E-state index contributed by atoms with van der Waals surface area (Å²) in [5.41, 5.74) is 0.705. The van der Waals surface area contributed by atoms with E-state index in [9.17, 15) is 9.59 Å². The molecule has 1 aromatic carbocycles. The van der Waals surface area contributed by atoms with Gasteiger partial charge in [-0.3, -0.25) is 14.6 Å². The maximum Gasteiger partial charge on any atom is 0.354 e. The number of fused-ring (bicyclic) bond motifs is 1. The van der Waals surface area contributed by atoms with Crippen LogP contribution in [-0.4, -0.2) is 37.4 Å². The van der Waals surface area contributed by atoms with Crippen LogP contribution in [0.15, 0.2) is 41.3 Å². The molecule has 8 heteroatoms. The van der Waals surface area contributed by atoms with Gasteiger partial charge in [-0.05, 0) is 24.6 Å². The lowest BCUT2D eigenvalue weighted by molar-refractivity contribution is 0.0690. The third kappa shape index (κ3) is 3.20. The fraction of sp³-hybridized carbons (Fsp3) is 0.200. The molecule has 2 heterocycles. The van der Waals surface area contributed by atoms with Crippen LogP contribution in [-0.2, 0) is 6.54 Å². The number of rotatable bonds is 6. The Morgan fingerprint density at radius 2 is 2.13 bits per heavy atom. The molecular weight excluding hydrogens is 298 g/mol. The predicted octanol–water partition coefficient (Wildman–Crippen LogP) is 1.32. The molecule has 0 saturated carbocycles. The minimum atomic E-state index is -1.09. The molecular formula is C15H15N5O3. The zero-order valence-corrected chi connectivity index (χ0v) is 12.2. The van der Waals surface area contributed by atoms with Gasteiger partial charge in [0, 0.05) is 19.3 Å². The minimum absolute atomic E-state index is 0.0526. The number of anilines is 1. The summed E-state index contributed by atoms with van der Waals surface area (Å²) in [5, 5.41) is 15.3. The van der Waals surface area contributed by atoms with Crippen molar-refractivity contribution in [2.75, 3.05) is 11.9 Å². The molecule has 0 fully saturated rings. The number of benzene rings is 1. The van der Waals surface area contributed by atoms with Crippen LogP contribution in [0.25, 0.3) is 10.9 Å². The summed E-state index contributed by atoms with van der Waals surface area (Å²) in [6.45, 7) is 1.17. The van der Waals surface area contributed by atoms with Crippen molar-refractivity contribution in [3.63, 3.8) is 0 Å². The van der Waals surface area contributed by atoms with Crippen molar-refractivity contribution in [1.29, 1.82) is 0 Å². The van der Waals surface area contributed by atoms with Crippen LogP contribution in [0.4, 0.5) is 5.95 Å². The molecule has 0 atom stereocenters. The van der Waals surface area contributed by atoms with Crippen LogP contribution in [0.1, 0.15) is 16.9 Å². The second-order valence-electron chi connectivity index (χ2n) is 4.96. The van der Waals surface area contributed by atoms with Gasteiger partial charge in [0.2, 0.25) is 5.95 Å². The quantitative estimate of drug-likeness (QED) is 0.592. The molecule has 0 aliphatic heterocycles. The second-order valence-corrected chi connectivity index (χ2v) is 4.96. The number of H-pyrrole nitrogens is 1. The number of aromatic carboxylic acids is 1. The van der Waals surface area contributed by atoms with Crippen LogP contribution in [0, 0.1) is 0 Å². The van der Waals surface area contributed by atoms with Gasteiger partial charge in [0.25, 0.3) is 5.56 Å². The largest absolute Gasteiger partial charge is 0.477 e. The average Bonchev–Trinajstić information content (AvgIpc) is 2.89. The van der Waals surface area contributed by atoms with Crippen molar-refractivity contribution in [2.24, 2.45) is 0 Å². The van der Waals surface area contributed by atoms with Crippen molar-refractivity contribution in [3.8, 4) is 0 Å². The SMILES string of the molecule is O=C(O)c1ccnc(NCCCn2[nH]c(=O)c3ccccc32)n1. The van der Waals surface area contributed by atoms with E-state index in [0.717, 1.165) is 11.9 Å². The summed E-state index contributed by atoms with van der Waals surface area (Å²) in [7, 11) is 0. The standard InChI is InChI=1S/C15H15N5O3/c21-13-10-4-1-2-5-12(10)20(19-13)9-3-7-16-15-17-8-6-11(18-15)14(22)23/h1-2,4-6,8H,3,7,9H2,(H,19,21)(H,22,23)(H,16,17,18). The fourth-order valence-electron chi connectivity index (χ4n) is 2.32. The molecule has 0 aliphatic rings. The van der Waals surface area contributed by atoms with Gasteiger partial charge in [-0.1, -0.05) is 12.1 Å². The lowest BCUT2D eigenvalue weighted by Gasteiger charge is -2.06. The van der Waals surface area contributed by atoms with Gasteiger partial charge < -0.3 is 10.4 Å². The van der Waals surface area contributed by atoms with E-state index in [-0.39, 0.29) is 17.2 Å². The molecule has 8 nitrogen and oxygen atoms in total. The summed E-state index contributed by atoms with van der Waals surface area (Å²) in [6.07, 6.45) is 2.12. The molecule has 0 spiro atoms. The number of aromatic amines is 1. The number of carboxylic acids is 1. The van der Waals surface area contributed by atoms with Gasteiger partial charge in [-0.25, -0.2) is 14.8 Å². The Bertz CT molecular complexity index is 899. The smallest absolute Gasteiger partial charge is 0.354 e. The predicted molar refractivity (Wildman–Crippen MR) is 84.7 cm³/mol. The summed E-state index contributed by atoms with van der Waals surface area (Å²) in [6, 6.07) is 8.73. The number of carbonyl (C=O) groups is 1. The Balaban J connectivity index is 1.60. The monoisotopic (exact) mass is 313 g/mol. The number of hydrogen-bond donors (Lipinski definition) is 3. The average molecular weight is 313 g/mol. The Morgan fingerprint density at radius 3 is 2.96 bits per heavy atom. The number of carboxylic acid groups (broad SMARTS) is 1. The Kier molecular flexibility index (Phi) is 4.05. The number of hydrogen-bond acceptors (Lipinski definition) is 5. The molecule has 23 heavy (non-hydrogen) atoms. The van der Waals surface area contributed by atoms with E-state index in [1.54, 1.807) is 10.7 Å². The van der Waals surface area contributed by atoms with Gasteiger partial charge in [0.15, 0.2) is 5.69 Å². The minimum Gasteiger partial charge on any atom is -0.477 e. The van der Waals surface area contributed by atoms with Gasteiger partial charge in [-0.15, -0.1) is 0 Å². The Labute approximate surface area is 130 Å². The molecule has 0 saturated heterocycles. The summed E-state index contributed by atoms with van der Waals surface area (Å²) in [4.78, 5) is 30.5. The van der Waals surface area contributed by atoms with Crippen LogP contribution in [0.2, 0.25) is 0 Å². The van der Waals surface area contributed by atoms with Crippen molar-refractivity contribution in [3.05, 3.63) is 52.6 Å². The first-order valence-electron chi connectivity index (χ1n) is 7.13. The highest BCUT2D eigenvalue weighted by Crippen LogP contribution is 2.09. The molecule has 118 valence electrons. The van der Waals surface area contributed by atoms with E-state index < -0.39 is 5.97 Å². The van der Waals surface area contributed by atoms with Crippen molar-refractivity contribution in [1.82, 2.24) is 19.7 Å². The van der Waals surface area contributed by atoms with Gasteiger partial charge in [0.1, 0.15) is 0 Å². The molecule has 0 radical (unpaired) electrons. The summed E-state index contributed by atoms with van der Waals surface area (Å²) in [5.74, 6) is -0.817. The zero-order chi connectivity index (χ0) is 16.2. The van der Waals surface area contributed by atoms with Crippen molar-refractivity contribution >= 4 is 22.8 Å². The van der Waals surface area contributed by atoms with Crippen LogP contribution in [0.5, 0.6) is 0 Å². The maximum atomic E-state index is 11.8. The molecule has 3 aromatic rings. The Hall–Kier alpha value is -3.16. The van der Waals surface area contributed by atoms with Crippen LogP contribution < -0.4 is 10.9 Å². The highest BCUT2D eigenvalue weighted by atomic mass is 16.4. The fourth-order valence-corrected chi connectivity index (χ4v) is 2.32. The number of aryl methyl sites for hydroxylation is 1. The molecule has 3 N–H and O–H groups in total. The normalized spacial score (nSPS) is 10.8. The summed E-state index contributed by atoms with van der Waals surface area (Å²) < 4.78 is 1.80. The first-order chi connectivity index (χ1) is 11.1. The van der Waals surface area contributed by atoms with Gasteiger partial charge in [-0.2, -0.15) is 0 Å². The number of aromatic nitrogens is 4. The molecule has 0 bridgehead atoms. The first kappa shape index (κ1) is 14.8. The highest BCUT2D eigenvalue weighted by molar-refractivity contribution is 5.85. The lowest BCUT2D eigenvalue weighted by atomic mass is 10.2. The molecule has 0 amide bonds. The molecule has 0 aliphatic carbocycles. The highest BCUT2D eigenvalue weighted by Gasteiger charge is 2.07. The van der Waals surface area contributed by atoms with E-state index in [2.05, 4.69) is 20.4 Å². The summed E-state index contributed by atoms with van der Waals surface area (Å²) >= 11 is 0. The molecule has 3 rings (SSSR count).